The summed E-state index contributed by atoms with van der Waals surface area (Å²) in [5, 5.41) is 14.1. The summed E-state index contributed by atoms with van der Waals surface area (Å²) in [6.45, 7) is 2.45. The standard InChI is InChI=1S/C13H12N6/c1-9(4-14)6-19-7-10(5-18-19)12-11-2-3-15-13(11)17-8-16-12/h2-3,5,7-9H,6H2,1H3,(H,15,16,17). The maximum atomic E-state index is 8.82. The summed E-state index contributed by atoms with van der Waals surface area (Å²) in [4.78, 5) is 11.5. The highest BCUT2D eigenvalue weighted by Crippen LogP contribution is 2.24. The average Bonchev–Trinajstić information content (AvgIpc) is 3.06. The first-order chi connectivity index (χ1) is 9.28. The number of fused-ring (bicyclic) bond motifs is 1. The minimum absolute atomic E-state index is 0.0644. The van der Waals surface area contributed by atoms with Gasteiger partial charge >= 0.3 is 0 Å². The quantitative estimate of drug-likeness (QED) is 0.772. The van der Waals surface area contributed by atoms with Crippen molar-refractivity contribution in [2.75, 3.05) is 0 Å². The van der Waals surface area contributed by atoms with Gasteiger partial charge in [0.15, 0.2) is 0 Å². The summed E-state index contributed by atoms with van der Waals surface area (Å²) in [7, 11) is 0. The van der Waals surface area contributed by atoms with Gasteiger partial charge in [0, 0.05) is 23.3 Å². The topological polar surface area (TPSA) is 83.2 Å². The van der Waals surface area contributed by atoms with Crippen LogP contribution in [0.25, 0.3) is 22.3 Å². The van der Waals surface area contributed by atoms with Gasteiger partial charge in [0.2, 0.25) is 0 Å². The van der Waals surface area contributed by atoms with Gasteiger partial charge in [-0.2, -0.15) is 10.4 Å². The van der Waals surface area contributed by atoms with E-state index in [1.165, 1.54) is 6.33 Å². The van der Waals surface area contributed by atoms with Crippen molar-refractivity contribution in [3.63, 3.8) is 0 Å². The highest BCUT2D eigenvalue weighted by molar-refractivity contribution is 5.89. The Morgan fingerprint density at radius 3 is 3.21 bits per heavy atom. The third kappa shape index (κ3) is 2.06. The van der Waals surface area contributed by atoms with Crippen LogP contribution in [0.5, 0.6) is 0 Å². The highest BCUT2D eigenvalue weighted by atomic mass is 15.3. The lowest BCUT2D eigenvalue weighted by Gasteiger charge is -2.01. The highest BCUT2D eigenvalue weighted by Gasteiger charge is 2.10. The molecule has 94 valence electrons. The molecule has 6 nitrogen and oxygen atoms in total. The van der Waals surface area contributed by atoms with Gasteiger partial charge in [-0.1, -0.05) is 0 Å². The second kappa shape index (κ2) is 4.53. The van der Waals surface area contributed by atoms with Crippen LogP contribution in [0.4, 0.5) is 0 Å². The fourth-order valence-electron chi connectivity index (χ4n) is 2.01. The van der Waals surface area contributed by atoms with Gasteiger partial charge in [-0.3, -0.25) is 4.68 Å². The van der Waals surface area contributed by atoms with Crippen LogP contribution in [-0.4, -0.2) is 24.7 Å². The van der Waals surface area contributed by atoms with Crippen molar-refractivity contribution >= 4 is 11.0 Å². The van der Waals surface area contributed by atoms with Gasteiger partial charge in [0.05, 0.1) is 30.4 Å². The van der Waals surface area contributed by atoms with Crippen LogP contribution in [0, 0.1) is 17.2 Å². The molecule has 19 heavy (non-hydrogen) atoms. The van der Waals surface area contributed by atoms with Gasteiger partial charge in [0.25, 0.3) is 0 Å². The summed E-state index contributed by atoms with van der Waals surface area (Å²) in [6.07, 6.45) is 7.04. The second-order valence-electron chi connectivity index (χ2n) is 4.44. The van der Waals surface area contributed by atoms with E-state index in [2.05, 4.69) is 26.1 Å². The van der Waals surface area contributed by atoms with Crippen LogP contribution in [-0.2, 0) is 6.54 Å². The molecule has 0 bridgehead atoms. The molecule has 1 atom stereocenters. The molecule has 3 rings (SSSR count). The summed E-state index contributed by atoms with van der Waals surface area (Å²) in [6, 6.07) is 4.14. The molecule has 0 fully saturated rings. The third-order valence-electron chi connectivity index (χ3n) is 2.94. The van der Waals surface area contributed by atoms with E-state index < -0.39 is 0 Å². The van der Waals surface area contributed by atoms with Crippen LogP contribution in [0.3, 0.4) is 0 Å². The predicted molar refractivity (Wildman–Crippen MR) is 69.9 cm³/mol. The minimum Gasteiger partial charge on any atom is -0.346 e. The van der Waals surface area contributed by atoms with Crippen molar-refractivity contribution in [3.05, 3.63) is 31.0 Å². The molecule has 3 aromatic rings. The zero-order valence-corrected chi connectivity index (χ0v) is 10.4. The number of aromatic nitrogens is 5. The maximum Gasteiger partial charge on any atom is 0.141 e. The fraction of sp³-hybridized carbons (Fsp3) is 0.231. The molecule has 0 saturated heterocycles. The summed E-state index contributed by atoms with van der Waals surface area (Å²) in [5.74, 6) is -0.0644. The van der Waals surface area contributed by atoms with E-state index in [-0.39, 0.29) is 5.92 Å². The predicted octanol–water partition coefficient (Wildman–Crippen LogP) is 1.98. The molecule has 3 heterocycles. The molecule has 0 aliphatic heterocycles. The Morgan fingerprint density at radius 2 is 2.37 bits per heavy atom. The number of H-pyrrole nitrogens is 1. The number of nitriles is 1. The second-order valence-corrected chi connectivity index (χ2v) is 4.44. The number of hydrogen-bond acceptors (Lipinski definition) is 4. The Morgan fingerprint density at radius 1 is 1.47 bits per heavy atom. The number of aromatic amines is 1. The lowest BCUT2D eigenvalue weighted by Crippen LogP contribution is -2.05. The van der Waals surface area contributed by atoms with E-state index in [0.29, 0.717) is 6.54 Å². The first-order valence-corrected chi connectivity index (χ1v) is 5.98. The molecule has 0 spiro atoms. The van der Waals surface area contributed by atoms with Crippen molar-refractivity contribution in [1.82, 2.24) is 24.7 Å². The Balaban J connectivity index is 1.99. The molecule has 1 unspecified atom stereocenters. The Kier molecular flexibility index (Phi) is 2.72. The van der Waals surface area contributed by atoms with Crippen LogP contribution in [0.1, 0.15) is 6.92 Å². The summed E-state index contributed by atoms with van der Waals surface area (Å²) >= 11 is 0. The molecule has 0 aromatic carbocycles. The van der Waals surface area contributed by atoms with Gasteiger partial charge in [-0.05, 0) is 13.0 Å². The Hall–Kier alpha value is -2.68. The molecular formula is C13H12N6. The smallest absolute Gasteiger partial charge is 0.141 e. The van der Waals surface area contributed by atoms with Crippen LogP contribution in [0.15, 0.2) is 31.0 Å². The normalized spacial score (nSPS) is 12.4. The number of nitrogens with zero attached hydrogens (tertiary/aromatic N) is 5. The van der Waals surface area contributed by atoms with Gasteiger partial charge in [-0.15, -0.1) is 0 Å². The van der Waals surface area contributed by atoms with Crippen molar-refractivity contribution in [1.29, 1.82) is 5.26 Å². The van der Waals surface area contributed by atoms with Gasteiger partial charge in [0.1, 0.15) is 12.0 Å². The third-order valence-corrected chi connectivity index (χ3v) is 2.94. The Labute approximate surface area is 109 Å². The largest absolute Gasteiger partial charge is 0.346 e. The van der Waals surface area contributed by atoms with Gasteiger partial charge in [-0.25, -0.2) is 9.97 Å². The van der Waals surface area contributed by atoms with E-state index in [0.717, 1.165) is 22.3 Å². The maximum absolute atomic E-state index is 8.82. The Bertz CT molecular complexity index is 748. The molecular weight excluding hydrogens is 240 g/mol. The van der Waals surface area contributed by atoms with E-state index in [1.807, 2.05) is 25.4 Å². The lowest BCUT2D eigenvalue weighted by molar-refractivity contribution is 0.529. The number of rotatable bonds is 3. The van der Waals surface area contributed by atoms with E-state index in [9.17, 15) is 0 Å². The molecule has 1 N–H and O–H groups in total. The summed E-state index contributed by atoms with van der Waals surface area (Å²) < 4.78 is 1.77. The van der Waals surface area contributed by atoms with E-state index >= 15 is 0 Å². The van der Waals surface area contributed by atoms with E-state index in [1.54, 1.807) is 10.9 Å². The summed E-state index contributed by atoms with van der Waals surface area (Å²) in [5.41, 5.74) is 2.59. The molecule has 0 saturated carbocycles. The molecule has 0 aliphatic carbocycles. The molecule has 0 amide bonds. The number of nitrogens with one attached hydrogen (secondary N) is 1. The first kappa shape index (κ1) is 11.4. The number of hydrogen-bond donors (Lipinski definition) is 1. The van der Waals surface area contributed by atoms with Crippen molar-refractivity contribution in [2.24, 2.45) is 5.92 Å². The monoisotopic (exact) mass is 252 g/mol. The van der Waals surface area contributed by atoms with Crippen LogP contribution >= 0.6 is 0 Å². The molecule has 3 aromatic heterocycles. The van der Waals surface area contributed by atoms with Crippen LogP contribution in [0.2, 0.25) is 0 Å². The average molecular weight is 252 g/mol. The fourth-order valence-corrected chi connectivity index (χ4v) is 2.01. The van der Waals surface area contributed by atoms with Gasteiger partial charge < -0.3 is 4.98 Å². The zero-order valence-electron chi connectivity index (χ0n) is 10.4. The van der Waals surface area contributed by atoms with Crippen molar-refractivity contribution in [2.45, 2.75) is 13.5 Å². The zero-order chi connectivity index (χ0) is 13.2. The first-order valence-electron chi connectivity index (χ1n) is 5.98. The SMILES string of the molecule is CC(C#N)Cn1cc(-c2ncnc3[nH]ccc23)cn1. The lowest BCUT2D eigenvalue weighted by atomic mass is 10.2. The van der Waals surface area contributed by atoms with Crippen LogP contribution < -0.4 is 0 Å². The van der Waals surface area contributed by atoms with Crippen molar-refractivity contribution in [3.8, 4) is 17.3 Å². The molecule has 0 aliphatic rings. The van der Waals surface area contributed by atoms with Crippen molar-refractivity contribution < 1.29 is 0 Å². The minimum atomic E-state index is -0.0644. The van der Waals surface area contributed by atoms with E-state index in [4.69, 9.17) is 5.26 Å². The molecule has 0 radical (unpaired) electrons. The molecule has 6 heteroatoms.